The van der Waals surface area contributed by atoms with Gasteiger partial charge in [-0.25, -0.2) is 4.79 Å². The molecular formula is C6H12O4. The molecule has 0 bridgehead atoms. The number of allylic oxidation sites excluding steroid dienone is 1. The Bertz CT molecular complexity index is 77.7. The predicted molar refractivity (Wildman–Crippen MR) is 39.4 cm³/mol. The van der Waals surface area contributed by atoms with Crippen molar-refractivity contribution in [1.29, 1.82) is 0 Å². The van der Waals surface area contributed by atoms with E-state index in [1.165, 1.54) is 0 Å². The highest BCUT2D eigenvalue weighted by Gasteiger charge is 1.70. The molecule has 0 fully saturated rings. The number of aliphatic hydroxyl groups is 1. The summed E-state index contributed by atoms with van der Waals surface area (Å²) in [7, 11) is 0. The molecule has 4 heteroatoms. The maximum Gasteiger partial charge on any atom is 0.503 e. The van der Waals surface area contributed by atoms with Crippen LogP contribution < -0.4 is 0 Å². The van der Waals surface area contributed by atoms with Crippen LogP contribution in [0.4, 0.5) is 4.79 Å². The van der Waals surface area contributed by atoms with Gasteiger partial charge < -0.3 is 15.3 Å². The molecule has 0 aromatic carbocycles. The standard InChI is InChI=1S/C3H6.C2H4O.CH2O3/c1-3-2;1-2-3;2-1(3)4/h3H,1H2,2H3;2-3H,1H2;(H2,2,3,4). The Morgan fingerprint density at radius 1 is 1.40 bits per heavy atom. The molecule has 10 heavy (non-hydrogen) atoms. The minimum absolute atomic E-state index is 0.750. The highest BCUT2D eigenvalue weighted by molar-refractivity contribution is 5.53. The monoisotopic (exact) mass is 148 g/mol. The summed E-state index contributed by atoms with van der Waals surface area (Å²) in [5.74, 6) is 0. The molecule has 0 aromatic heterocycles. The van der Waals surface area contributed by atoms with E-state index in [0.717, 1.165) is 6.26 Å². The van der Waals surface area contributed by atoms with Gasteiger partial charge in [0.05, 0.1) is 6.26 Å². The summed E-state index contributed by atoms with van der Waals surface area (Å²) in [6.07, 6.45) is 0.667. The van der Waals surface area contributed by atoms with Gasteiger partial charge in [0.2, 0.25) is 0 Å². The molecule has 60 valence electrons. The molecule has 0 saturated carbocycles. The summed E-state index contributed by atoms with van der Waals surface area (Å²) in [4.78, 5) is 8.56. The van der Waals surface area contributed by atoms with Gasteiger partial charge in [0.25, 0.3) is 0 Å². The number of hydrogen-bond donors (Lipinski definition) is 3. The van der Waals surface area contributed by atoms with Crippen molar-refractivity contribution in [3.05, 3.63) is 25.5 Å². The van der Waals surface area contributed by atoms with Crippen molar-refractivity contribution in [3.8, 4) is 0 Å². The molecule has 0 spiro atoms. The molecule has 3 N–H and O–H groups in total. The van der Waals surface area contributed by atoms with E-state index in [9.17, 15) is 0 Å². The van der Waals surface area contributed by atoms with Gasteiger partial charge in [0.1, 0.15) is 0 Å². The van der Waals surface area contributed by atoms with Crippen LogP contribution in [0.3, 0.4) is 0 Å². The lowest BCUT2D eigenvalue weighted by Gasteiger charge is -1.60. The summed E-state index contributed by atoms with van der Waals surface area (Å²) >= 11 is 0. The Morgan fingerprint density at radius 3 is 1.40 bits per heavy atom. The highest BCUT2D eigenvalue weighted by atomic mass is 16.6. The van der Waals surface area contributed by atoms with E-state index >= 15 is 0 Å². The van der Waals surface area contributed by atoms with Gasteiger partial charge in [-0.05, 0) is 6.92 Å². The Hall–Kier alpha value is -1.45. The predicted octanol–water partition coefficient (Wildman–Crippen LogP) is 2.10. The highest BCUT2D eigenvalue weighted by Crippen LogP contribution is 1.42. The minimum Gasteiger partial charge on any atom is -0.516 e. The molecule has 0 saturated heterocycles. The van der Waals surface area contributed by atoms with Crippen molar-refractivity contribution < 1.29 is 20.1 Å². The molecule has 0 rings (SSSR count). The van der Waals surface area contributed by atoms with Crippen LogP contribution in [-0.2, 0) is 0 Å². The van der Waals surface area contributed by atoms with Crippen molar-refractivity contribution in [2.45, 2.75) is 6.92 Å². The smallest absolute Gasteiger partial charge is 0.503 e. The SMILES string of the molecule is C=CC.C=CO.O=C(O)O. The van der Waals surface area contributed by atoms with Crippen LogP contribution in [0.2, 0.25) is 0 Å². The lowest BCUT2D eigenvalue weighted by molar-refractivity contribution is 0.137. The van der Waals surface area contributed by atoms with Crippen molar-refractivity contribution in [1.82, 2.24) is 0 Å². The molecule has 0 aromatic rings. The number of hydrogen-bond acceptors (Lipinski definition) is 2. The number of carboxylic acid groups (broad SMARTS) is 2. The van der Waals surface area contributed by atoms with E-state index in [4.69, 9.17) is 20.1 Å². The number of rotatable bonds is 0. The first kappa shape index (κ1) is 15.8. The lowest BCUT2D eigenvalue weighted by atomic mass is 10.8. The molecule has 0 heterocycles. The third-order valence-electron chi connectivity index (χ3n) is 0. The van der Waals surface area contributed by atoms with Gasteiger partial charge in [0.15, 0.2) is 0 Å². The van der Waals surface area contributed by atoms with Crippen molar-refractivity contribution in [3.63, 3.8) is 0 Å². The van der Waals surface area contributed by atoms with Crippen LogP contribution in [0.5, 0.6) is 0 Å². The second-order valence-electron chi connectivity index (χ2n) is 0.873. The van der Waals surface area contributed by atoms with Crippen molar-refractivity contribution in [2.24, 2.45) is 0 Å². The van der Waals surface area contributed by atoms with E-state index in [1.807, 2.05) is 6.92 Å². The van der Waals surface area contributed by atoms with Gasteiger partial charge in [-0.2, -0.15) is 0 Å². The zero-order valence-electron chi connectivity index (χ0n) is 5.82. The van der Waals surface area contributed by atoms with E-state index < -0.39 is 6.16 Å². The summed E-state index contributed by atoms with van der Waals surface area (Å²) in [5.41, 5.74) is 0. The van der Waals surface area contributed by atoms with Gasteiger partial charge in [-0.15, -0.1) is 6.58 Å². The molecule has 0 unspecified atom stereocenters. The van der Waals surface area contributed by atoms with Gasteiger partial charge >= 0.3 is 6.16 Å². The average Bonchev–Trinajstić information content (AvgIpc) is 1.65. The first-order valence-electron chi connectivity index (χ1n) is 2.30. The van der Waals surface area contributed by atoms with Crippen molar-refractivity contribution in [2.75, 3.05) is 0 Å². The van der Waals surface area contributed by atoms with Crippen LogP contribution in [0.15, 0.2) is 25.5 Å². The number of aliphatic hydroxyl groups excluding tert-OH is 1. The van der Waals surface area contributed by atoms with E-state index in [0.29, 0.717) is 0 Å². The average molecular weight is 148 g/mol. The van der Waals surface area contributed by atoms with Crippen LogP contribution in [0.25, 0.3) is 0 Å². The molecule has 0 radical (unpaired) electrons. The fourth-order valence-electron chi connectivity index (χ4n) is 0. The fraction of sp³-hybridized carbons (Fsp3) is 0.167. The summed E-state index contributed by atoms with van der Waals surface area (Å²) in [6, 6.07) is 0. The van der Waals surface area contributed by atoms with Crippen molar-refractivity contribution >= 4 is 6.16 Å². The molecule has 0 aliphatic rings. The number of carbonyl (C=O) groups is 1. The zero-order valence-corrected chi connectivity index (χ0v) is 5.82. The zero-order chi connectivity index (χ0) is 8.99. The van der Waals surface area contributed by atoms with Crippen LogP contribution in [-0.4, -0.2) is 21.5 Å². The Morgan fingerprint density at radius 2 is 1.40 bits per heavy atom. The van der Waals surface area contributed by atoms with E-state index in [2.05, 4.69) is 13.2 Å². The molecular weight excluding hydrogens is 136 g/mol. The fourth-order valence-corrected chi connectivity index (χ4v) is 0. The topological polar surface area (TPSA) is 77.8 Å². The first-order chi connectivity index (χ1) is 4.56. The molecule has 0 aliphatic carbocycles. The van der Waals surface area contributed by atoms with Crippen LogP contribution in [0.1, 0.15) is 6.92 Å². The lowest BCUT2D eigenvalue weighted by Crippen LogP contribution is -1.81. The summed E-state index contributed by atoms with van der Waals surface area (Å²) < 4.78 is 0. The molecule has 0 atom stereocenters. The Balaban J connectivity index is -0.0000000750. The Kier molecular flexibility index (Phi) is 40.7. The molecule has 0 amide bonds. The molecule has 0 aliphatic heterocycles. The summed E-state index contributed by atoms with van der Waals surface area (Å²) in [5, 5.41) is 21.3. The Labute approximate surface area is 59.7 Å². The maximum absolute atomic E-state index is 8.56. The largest absolute Gasteiger partial charge is 0.516 e. The third kappa shape index (κ3) is 96.0. The summed E-state index contributed by atoms with van der Waals surface area (Å²) in [6.45, 7) is 8.17. The minimum atomic E-state index is -1.83. The van der Waals surface area contributed by atoms with Gasteiger partial charge in [-0.3, -0.25) is 0 Å². The molecule has 4 nitrogen and oxygen atoms in total. The van der Waals surface area contributed by atoms with E-state index in [-0.39, 0.29) is 0 Å². The maximum atomic E-state index is 8.56. The van der Waals surface area contributed by atoms with Crippen LogP contribution >= 0.6 is 0 Å². The quantitative estimate of drug-likeness (QED) is 0.363. The first-order valence-corrected chi connectivity index (χ1v) is 2.30. The van der Waals surface area contributed by atoms with Gasteiger partial charge in [0, 0.05) is 0 Å². The second-order valence-corrected chi connectivity index (χ2v) is 0.873. The van der Waals surface area contributed by atoms with E-state index in [1.54, 1.807) is 6.08 Å². The van der Waals surface area contributed by atoms with Crippen LogP contribution in [0, 0.1) is 0 Å². The normalized spacial score (nSPS) is 4.90. The second kappa shape index (κ2) is 25.7. The third-order valence-corrected chi connectivity index (χ3v) is 0. The van der Waals surface area contributed by atoms with Gasteiger partial charge in [-0.1, -0.05) is 12.7 Å².